The molecule has 1 fully saturated rings. The molecule has 0 unspecified atom stereocenters. The molecule has 1 aromatic carbocycles. The predicted octanol–water partition coefficient (Wildman–Crippen LogP) is 2.71. The fourth-order valence-corrected chi connectivity index (χ4v) is 5.27. The number of Topliss-reactive ketones (excluding diaryl/α,β-unsaturated/α-hetero) is 1. The molecule has 0 radical (unpaired) electrons. The van der Waals surface area contributed by atoms with Gasteiger partial charge in [0.15, 0.2) is 5.78 Å². The van der Waals surface area contributed by atoms with Gasteiger partial charge >= 0.3 is 5.69 Å². The van der Waals surface area contributed by atoms with Crippen LogP contribution in [-0.2, 0) is 20.6 Å². The second kappa shape index (κ2) is 8.89. The molecule has 0 saturated carbocycles. The fraction of sp³-hybridized carbons (Fsp3) is 0.370. The van der Waals surface area contributed by atoms with Crippen LogP contribution in [0.5, 0.6) is 0 Å². The molecule has 9 nitrogen and oxygen atoms in total. The number of piperidine rings is 1. The molecule has 5 rings (SSSR count). The smallest absolute Gasteiger partial charge is 0.332 e. The van der Waals surface area contributed by atoms with Gasteiger partial charge < -0.3 is 9.47 Å². The molecular formula is C27H29N5O4. The van der Waals surface area contributed by atoms with Crippen LogP contribution in [0.25, 0.3) is 21.9 Å². The van der Waals surface area contributed by atoms with Crippen molar-refractivity contribution in [2.24, 2.45) is 14.1 Å². The lowest BCUT2D eigenvalue weighted by molar-refractivity contribution is 0.0726. The third kappa shape index (κ3) is 3.66. The Morgan fingerprint density at radius 2 is 1.67 bits per heavy atom. The Balaban J connectivity index is 1.67. The number of hydrogen-bond acceptors (Lipinski definition) is 5. The van der Waals surface area contributed by atoms with E-state index in [4.69, 9.17) is 0 Å². The standard InChI is InChI=1S/C27H29N5O4/c1-16-14-19(25(34)31-12-8-5-9-13-31)23-24(28-16)30(4)27(36)32(26(23)35)15-21(33)22-17(2)29(3)20-11-7-6-10-18(20)22/h6-7,10-11,14H,5,8-9,12-13,15H2,1-4H3. The minimum atomic E-state index is -0.674. The Morgan fingerprint density at radius 3 is 2.39 bits per heavy atom. The summed E-state index contributed by atoms with van der Waals surface area (Å²) >= 11 is 0. The number of likely N-dealkylation sites (tertiary alicyclic amines) is 1. The first-order valence-corrected chi connectivity index (χ1v) is 12.2. The van der Waals surface area contributed by atoms with Gasteiger partial charge in [0, 0.05) is 55.0 Å². The third-order valence-electron chi connectivity index (χ3n) is 7.28. The summed E-state index contributed by atoms with van der Waals surface area (Å²) < 4.78 is 4.10. The van der Waals surface area contributed by atoms with Crippen molar-refractivity contribution >= 4 is 33.6 Å². The molecule has 3 aromatic heterocycles. The number of pyridine rings is 1. The molecule has 1 aliphatic rings. The summed E-state index contributed by atoms with van der Waals surface area (Å²) in [6.07, 6.45) is 2.89. The number of aromatic nitrogens is 4. The number of benzene rings is 1. The number of rotatable bonds is 4. The zero-order chi connectivity index (χ0) is 25.7. The summed E-state index contributed by atoms with van der Waals surface area (Å²) in [7, 11) is 3.39. The number of hydrogen-bond donors (Lipinski definition) is 0. The zero-order valence-corrected chi connectivity index (χ0v) is 21.0. The van der Waals surface area contributed by atoms with Crippen LogP contribution in [0.1, 0.15) is 51.4 Å². The SMILES string of the molecule is Cc1cc(C(=O)N2CCCCC2)c2c(=O)n(CC(=O)c3c(C)n(C)c4ccccc34)c(=O)n(C)c2n1. The Labute approximate surface area is 207 Å². The number of carbonyl (C=O) groups excluding carboxylic acids is 2. The van der Waals surface area contributed by atoms with Crippen molar-refractivity contribution in [3.05, 3.63) is 73.7 Å². The van der Waals surface area contributed by atoms with Crippen LogP contribution in [0, 0.1) is 13.8 Å². The maximum Gasteiger partial charge on any atom is 0.332 e. The largest absolute Gasteiger partial charge is 0.347 e. The van der Waals surface area contributed by atoms with Gasteiger partial charge in [-0.1, -0.05) is 18.2 Å². The third-order valence-corrected chi connectivity index (χ3v) is 7.28. The van der Waals surface area contributed by atoms with Gasteiger partial charge in [-0.25, -0.2) is 9.78 Å². The van der Waals surface area contributed by atoms with E-state index in [1.807, 2.05) is 42.8 Å². The number of carbonyl (C=O) groups is 2. The van der Waals surface area contributed by atoms with E-state index in [-0.39, 0.29) is 28.3 Å². The highest BCUT2D eigenvalue weighted by molar-refractivity contribution is 6.09. The maximum atomic E-state index is 13.7. The quantitative estimate of drug-likeness (QED) is 0.412. The van der Waals surface area contributed by atoms with E-state index < -0.39 is 17.8 Å². The lowest BCUT2D eigenvalue weighted by atomic mass is 10.1. The van der Waals surface area contributed by atoms with Crippen molar-refractivity contribution in [1.29, 1.82) is 0 Å². The van der Waals surface area contributed by atoms with E-state index in [9.17, 15) is 19.2 Å². The van der Waals surface area contributed by atoms with Crippen molar-refractivity contribution in [1.82, 2.24) is 23.6 Å². The fourth-order valence-electron chi connectivity index (χ4n) is 5.27. The van der Waals surface area contributed by atoms with Gasteiger partial charge in [-0.2, -0.15) is 0 Å². The summed E-state index contributed by atoms with van der Waals surface area (Å²) in [5.41, 5.74) is 1.72. The van der Waals surface area contributed by atoms with Crippen molar-refractivity contribution in [2.45, 2.75) is 39.7 Å². The highest BCUT2D eigenvalue weighted by Gasteiger charge is 2.26. The highest BCUT2D eigenvalue weighted by Crippen LogP contribution is 2.25. The first-order valence-electron chi connectivity index (χ1n) is 12.2. The summed E-state index contributed by atoms with van der Waals surface area (Å²) in [5, 5.41) is 0.840. The Hall–Kier alpha value is -4.01. The molecule has 1 aliphatic heterocycles. The number of aryl methyl sites for hydroxylation is 3. The van der Waals surface area contributed by atoms with Gasteiger partial charge in [0.25, 0.3) is 11.5 Å². The predicted molar refractivity (Wildman–Crippen MR) is 138 cm³/mol. The van der Waals surface area contributed by atoms with Crippen LogP contribution in [0.2, 0.25) is 0 Å². The molecule has 1 saturated heterocycles. The van der Waals surface area contributed by atoms with Gasteiger partial charge in [0.1, 0.15) is 5.65 Å². The molecule has 0 atom stereocenters. The molecule has 0 aliphatic carbocycles. The van der Waals surface area contributed by atoms with Gasteiger partial charge in [0.2, 0.25) is 0 Å². The molecule has 0 bridgehead atoms. The maximum absolute atomic E-state index is 13.7. The van der Waals surface area contributed by atoms with Crippen molar-refractivity contribution in [2.75, 3.05) is 13.1 Å². The molecule has 9 heteroatoms. The summed E-state index contributed by atoms with van der Waals surface area (Å²) in [5.74, 6) is -0.587. The molecule has 36 heavy (non-hydrogen) atoms. The van der Waals surface area contributed by atoms with E-state index in [0.717, 1.165) is 40.4 Å². The lowest BCUT2D eigenvalue weighted by Crippen LogP contribution is -2.43. The van der Waals surface area contributed by atoms with E-state index in [1.54, 1.807) is 17.9 Å². The van der Waals surface area contributed by atoms with Crippen LogP contribution in [0.4, 0.5) is 0 Å². The molecular weight excluding hydrogens is 458 g/mol. The van der Waals surface area contributed by atoms with Crippen LogP contribution in [0.15, 0.2) is 39.9 Å². The molecule has 186 valence electrons. The first-order chi connectivity index (χ1) is 17.2. The lowest BCUT2D eigenvalue weighted by Gasteiger charge is -2.27. The highest BCUT2D eigenvalue weighted by atomic mass is 16.2. The second-order valence-corrected chi connectivity index (χ2v) is 9.56. The number of ketones is 1. The monoisotopic (exact) mass is 487 g/mol. The summed E-state index contributed by atoms with van der Waals surface area (Å²) in [6.45, 7) is 4.40. The van der Waals surface area contributed by atoms with Gasteiger partial charge in [-0.3, -0.25) is 23.5 Å². The second-order valence-electron chi connectivity index (χ2n) is 9.56. The average Bonchev–Trinajstić information content (AvgIpc) is 3.14. The van der Waals surface area contributed by atoms with E-state index in [1.165, 1.54) is 11.6 Å². The number of fused-ring (bicyclic) bond motifs is 2. The van der Waals surface area contributed by atoms with E-state index >= 15 is 0 Å². The van der Waals surface area contributed by atoms with Gasteiger partial charge in [-0.05, 0) is 45.2 Å². The summed E-state index contributed by atoms with van der Waals surface area (Å²) in [6, 6.07) is 9.14. The first kappa shape index (κ1) is 23.7. The van der Waals surface area contributed by atoms with Crippen LogP contribution in [-0.4, -0.2) is 48.4 Å². The number of para-hydroxylation sites is 1. The molecule has 4 aromatic rings. The molecule has 0 spiro atoms. The minimum Gasteiger partial charge on any atom is -0.347 e. The van der Waals surface area contributed by atoms with Crippen molar-refractivity contribution < 1.29 is 9.59 Å². The van der Waals surface area contributed by atoms with Crippen LogP contribution in [0.3, 0.4) is 0 Å². The normalized spacial score (nSPS) is 14.1. The Kier molecular flexibility index (Phi) is 5.86. The van der Waals surface area contributed by atoms with Gasteiger partial charge in [0.05, 0.1) is 17.5 Å². The zero-order valence-electron chi connectivity index (χ0n) is 21.0. The van der Waals surface area contributed by atoms with Crippen molar-refractivity contribution in [3.63, 3.8) is 0 Å². The van der Waals surface area contributed by atoms with Crippen LogP contribution >= 0.6 is 0 Å². The molecule has 4 heterocycles. The number of amides is 1. The van der Waals surface area contributed by atoms with Crippen molar-refractivity contribution in [3.8, 4) is 0 Å². The minimum absolute atomic E-state index is 0.0701. The van der Waals surface area contributed by atoms with Crippen LogP contribution < -0.4 is 11.2 Å². The molecule has 1 amide bonds. The molecule has 0 N–H and O–H groups in total. The average molecular weight is 488 g/mol. The van der Waals surface area contributed by atoms with E-state index in [2.05, 4.69) is 4.98 Å². The van der Waals surface area contributed by atoms with E-state index in [0.29, 0.717) is 24.3 Å². The number of nitrogens with zero attached hydrogens (tertiary/aromatic N) is 5. The Bertz CT molecular complexity index is 1670. The van der Waals surface area contributed by atoms with Gasteiger partial charge in [-0.15, -0.1) is 0 Å². The summed E-state index contributed by atoms with van der Waals surface area (Å²) in [4.78, 5) is 60.1. The Morgan fingerprint density at radius 1 is 0.972 bits per heavy atom. The topological polar surface area (TPSA) is 99.2 Å².